The highest BCUT2D eigenvalue weighted by atomic mass is 79.9. The van der Waals surface area contributed by atoms with Crippen molar-refractivity contribution in [3.8, 4) is 5.75 Å². The third-order valence-corrected chi connectivity index (χ3v) is 6.74. The molecule has 0 saturated carbocycles. The average molecular weight is 500 g/mol. The first-order valence-electron chi connectivity index (χ1n) is 9.34. The van der Waals surface area contributed by atoms with Gasteiger partial charge in [0.05, 0.1) is 23.2 Å². The molecule has 0 aromatic heterocycles. The molecular formula is C24H22BrNO2S2. The van der Waals surface area contributed by atoms with E-state index in [1.807, 2.05) is 66.9 Å². The molecule has 0 aliphatic rings. The van der Waals surface area contributed by atoms with Gasteiger partial charge in [-0.3, -0.25) is 4.79 Å². The zero-order chi connectivity index (χ0) is 21.2. The van der Waals surface area contributed by atoms with Gasteiger partial charge in [-0.05, 0) is 42.0 Å². The highest BCUT2D eigenvalue weighted by Crippen LogP contribution is 2.39. The molecule has 0 spiro atoms. The first kappa shape index (κ1) is 22.5. The Labute approximate surface area is 194 Å². The average Bonchev–Trinajstić information content (AvgIpc) is 2.80. The number of rotatable bonds is 9. The first-order valence-corrected chi connectivity index (χ1v) is 12.1. The van der Waals surface area contributed by atoms with Gasteiger partial charge in [-0.1, -0.05) is 88.0 Å². The molecule has 3 nitrogen and oxygen atoms in total. The van der Waals surface area contributed by atoms with Gasteiger partial charge < -0.3 is 9.64 Å². The Kier molecular flexibility index (Phi) is 8.93. The van der Waals surface area contributed by atoms with Gasteiger partial charge in [0.1, 0.15) is 5.75 Å². The van der Waals surface area contributed by atoms with Crippen molar-refractivity contribution >= 4 is 45.4 Å². The van der Waals surface area contributed by atoms with Crippen molar-refractivity contribution in [3.63, 3.8) is 0 Å². The van der Waals surface area contributed by atoms with Gasteiger partial charge >= 0.3 is 0 Å². The van der Waals surface area contributed by atoms with E-state index in [4.69, 9.17) is 4.74 Å². The Bertz CT molecular complexity index is 920. The van der Waals surface area contributed by atoms with Gasteiger partial charge in [-0.25, -0.2) is 0 Å². The van der Waals surface area contributed by atoms with Crippen molar-refractivity contribution in [2.24, 2.45) is 0 Å². The van der Waals surface area contributed by atoms with Gasteiger partial charge in [-0.15, -0.1) is 0 Å². The maximum absolute atomic E-state index is 12.7. The van der Waals surface area contributed by atoms with Gasteiger partial charge in [0.2, 0.25) is 5.91 Å². The highest BCUT2D eigenvalue weighted by molar-refractivity contribution is 9.09. The van der Waals surface area contributed by atoms with E-state index in [1.165, 1.54) is 0 Å². The number of carbonyl (C=O) groups excluding carboxylic acids is 1. The zero-order valence-corrected chi connectivity index (χ0v) is 19.8. The fourth-order valence-corrected chi connectivity index (χ4v) is 5.10. The van der Waals surface area contributed by atoms with E-state index in [1.54, 1.807) is 35.5 Å². The van der Waals surface area contributed by atoms with Crippen molar-refractivity contribution in [2.75, 3.05) is 12.4 Å². The number of hydrogen-bond acceptors (Lipinski definition) is 4. The van der Waals surface area contributed by atoms with Crippen molar-refractivity contribution in [1.29, 1.82) is 0 Å². The predicted octanol–water partition coefficient (Wildman–Crippen LogP) is 6.80. The third kappa shape index (κ3) is 6.97. The summed E-state index contributed by atoms with van der Waals surface area (Å²) in [6.45, 7) is 0.489. The minimum atomic E-state index is 0.00522. The van der Waals surface area contributed by atoms with Crippen LogP contribution in [0.2, 0.25) is 0 Å². The zero-order valence-electron chi connectivity index (χ0n) is 16.5. The lowest BCUT2D eigenvalue weighted by molar-refractivity contribution is -0.126. The monoisotopic (exact) mass is 499 g/mol. The van der Waals surface area contributed by atoms with E-state index in [-0.39, 0.29) is 11.2 Å². The topological polar surface area (TPSA) is 29.5 Å². The van der Waals surface area contributed by atoms with Crippen LogP contribution in [-0.4, -0.2) is 23.2 Å². The summed E-state index contributed by atoms with van der Waals surface area (Å²) >= 11 is 6.62. The Morgan fingerprint density at radius 3 is 1.90 bits per heavy atom. The van der Waals surface area contributed by atoms with Gasteiger partial charge in [-0.2, -0.15) is 0 Å². The van der Waals surface area contributed by atoms with Crippen molar-refractivity contribution < 1.29 is 9.53 Å². The molecule has 0 N–H and O–H groups in total. The van der Waals surface area contributed by atoms with Crippen LogP contribution < -0.4 is 4.74 Å². The summed E-state index contributed by atoms with van der Waals surface area (Å²) in [6, 6.07) is 28.2. The van der Waals surface area contributed by atoms with Gasteiger partial charge in [0.15, 0.2) is 0 Å². The maximum atomic E-state index is 12.7. The standard InChI is InChI=1S/C24H22BrNO2S2/c1-28-20-14-12-19(13-15-20)17-26(23(27)16-25)18-24(29-21-8-4-2-5-9-21)30-22-10-6-3-7-11-22/h2-15,18H,16-17H2,1H3. The largest absolute Gasteiger partial charge is 0.497 e. The quantitative estimate of drug-likeness (QED) is 0.239. The van der Waals surface area contributed by atoms with Crippen LogP contribution in [0.5, 0.6) is 5.75 Å². The molecule has 0 fully saturated rings. The fourth-order valence-electron chi connectivity index (χ4n) is 2.62. The Balaban J connectivity index is 1.88. The lowest BCUT2D eigenvalue weighted by atomic mass is 10.2. The van der Waals surface area contributed by atoms with Crippen LogP contribution in [0.25, 0.3) is 0 Å². The van der Waals surface area contributed by atoms with Gasteiger partial charge in [0, 0.05) is 16.0 Å². The summed E-state index contributed by atoms with van der Waals surface area (Å²) in [5, 5.41) is 0.263. The lowest BCUT2D eigenvalue weighted by Crippen LogP contribution is -2.26. The van der Waals surface area contributed by atoms with E-state index < -0.39 is 0 Å². The molecule has 1 amide bonds. The molecule has 0 heterocycles. The van der Waals surface area contributed by atoms with Crippen LogP contribution in [0.4, 0.5) is 0 Å². The fraction of sp³-hybridized carbons (Fsp3) is 0.125. The van der Waals surface area contributed by atoms with E-state index in [9.17, 15) is 4.79 Å². The molecule has 0 aliphatic heterocycles. The van der Waals surface area contributed by atoms with Crippen LogP contribution in [0, 0.1) is 0 Å². The summed E-state index contributed by atoms with van der Waals surface area (Å²) in [5.74, 6) is 0.804. The van der Waals surface area contributed by atoms with Crippen LogP contribution >= 0.6 is 39.5 Å². The minimum absolute atomic E-state index is 0.00522. The molecule has 0 aliphatic carbocycles. The molecule has 0 unspecified atom stereocenters. The summed E-state index contributed by atoms with van der Waals surface area (Å²) in [4.78, 5) is 16.7. The number of halogens is 1. The van der Waals surface area contributed by atoms with Gasteiger partial charge in [0.25, 0.3) is 0 Å². The number of benzene rings is 3. The van der Waals surface area contributed by atoms with Crippen molar-refractivity contribution in [1.82, 2.24) is 4.90 Å². The van der Waals surface area contributed by atoms with Crippen molar-refractivity contribution in [3.05, 3.63) is 101 Å². The molecule has 3 aromatic rings. The second-order valence-corrected chi connectivity index (χ2v) is 9.33. The number of hydrogen-bond donors (Lipinski definition) is 0. The van der Waals surface area contributed by atoms with E-state index in [2.05, 4.69) is 40.2 Å². The molecule has 0 saturated heterocycles. The van der Waals surface area contributed by atoms with E-state index in [0.717, 1.165) is 25.3 Å². The number of ether oxygens (including phenoxy) is 1. The molecule has 30 heavy (non-hydrogen) atoms. The summed E-state index contributed by atoms with van der Waals surface area (Å²) in [7, 11) is 1.65. The molecule has 3 rings (SSSR count). The maximum Gasteiger partial charge on any atom is 0.237 e. The van der Waals surface area contributed by atoms with Crippen LogP contribution in [-0.2, 0) is 11.3 Å². The molecule has 0 radical (unpaired) electrons. The number of nitrogens with zero attached hydrogens (tertiary/aromatic N) is 1. The second kappa shape index (κ2) is 11.9. The van der Waals surface area contributed by atoms with E-state index >= 15 is 0 Å². The number of amides is 1. The van der Waals surface area contributed by atoms with Crippen molar-refractivity contribution in [2.45, 2.75) is 16.3 Å². The molecule has 0 atom stereocenters. The molecule has 3 aromatic carbocycles. The highest BCUT2D eigenvalue weighted by Gasteiger charge is 2.14. The third-order valence-electron chi connectivity index (χ3n) is 4.13. The van der Waals surface area contributed by atoms with Crippen LogP contribution in [0.1, 0.15) is 5.56 Å². The van der Waals surface area contributed by atoms with E-state index in [0.29, 0.717) is 6.54 Å². The SMILES string of the molecule is COc1ccc(CN(C=C(Sc2ccccc2)Sc2ccccc2)C(=O)CBr)cc1. The Morgan fingerprint density at radius 2 is 1.43 bits per heavy atom. The predicted molar refractivity (Wildman–Crippen MR) is 130 cm³/mol. The number of alkyl halides is 1. The molecular weight excluding hydrogens is 478 g/mol. The molecule has 6 heteroatoms. The Hall–Kier alpha value is -2.15. The summed E-state index contributed by atoms with van der Waals surface area (Å²) < 4.78 is 6.26. The number of thioether (sulfide) groups is 2. The summed E-state index contributed by atoms with van der Waals surface area (Å²) in [6.07, 6.45) is 1.95. The second-order valence-electron chi connectivity index (χ2n) is 6.28. The minimum Gasteiger partial charge on any atom is -0.497 e. The smallest absolute Gasteiger partial charge is 0.237 e. The normalized spacial score (nSPS) is 10.3. The Morgan fingerprint density at radius 1 is 0.900 bits per heavy atom. The van der Waals surface area contributed by atoms with Crippen LogP contribution in [0.15, 0.2) is 105 Å². The molecule has 154 valence electrons. The van der Waals surface area contributed by atoms with Crippen LogP contribution in [0.3, 0.4) is 0 Å². The summed E-state index contributed by atoms with van der Waals surface area (Å²) in [5.41, 5.74) is 1.04. The number of methoxy groups -OCH3 is 1. The number of carbonyl (C=O) groups is 1. The first-order chi connectivity index (χ1) is 14.7. The lowest BCUT2D eigenvalue weighted by Gasteiger charge is -2.20. The molecule has 0 bridgehead atoms.